The van der Waals surface area contributed by atoms with E-state index < -0.39 is 11.8 Å². The molecule has 23 heavy (non-hydrogen) atoms. The van der Waals surface area contributed by atoms with Gasteiger partial charge in [0.2, 0.25) is 0 Å². The number of ether oxygens (including phenoxy) is 2. The molecular weight excluding hydrogens is 292 g/mol. The van der Waals surface area contributed by atoms with Crippen LogP contribution in [0.15, 0.2) is 54.6 Å². The van der Waals surface area contributed by atoms with Crippen molar-refractivity contribution in [3.63, 3.8) is 0 Å². The summed E-state index contributed by atoms with van der Waals surface area (Å²) < 4.78 is 9.85. The number of ketones is 1. The van der Waals surface area contributed by atoms with Gasteiger partial charge in [0.05, 0.1) is 13.7 Å². The highest BCUT2D eigenvalue weighted by atomic mass is 16.5. The fraction of sp³-hybridized carbons (Fsp3) is 0.158. The molecule has 0 spiro atoms. The quantitative estimate of drug-likeness (QED) is 0.465. The van der Waals surface area contributed by atoms with Gasteiger partial charge < -0.3 is 9.47 Å². The molecule has 4 heteroatoms. The first-order chi connectivity index (χ1) is 11.1. The Morgan fingerprint density at radius 1 is 1.04 bits per heavy atom. The average Bonchev–Trinajstić information content (AvgIpc) is 2.60. The third-order valence-electron chi connectivity index (χ3n) is 3.20. The van der Waals surface area contributed by atoms with Crippen LogP contribution in [0.1, 0.15) is 12.5 Å². The maximum absolute atomic E-state index is 11.4. The standard InChI is InChI=1S/C19H18O4/c1-3-23-17-6-4-5-16(13-17)15-10-7-14(8-11-15)9-12-18(20)19(21)22-2/h4-13H,3H2,1-2H3. The first-order valence-corrected chi connectivity index (χ1v) is 7.27. The van der Waals surface area contributed by atoms with Crippen LogP contribution >= 0.6 is 0 Å². The number of hydrogen-bond acceptors (Lipinski definition) is 4. The average molecular weight is 310 g/mol. The number of methoxy groups -OCH3 is 1. The van der Waals surface area contributed by atoms with Gasteiger partial charge in [-0.25, -0.2) is 4.79 Å². The molecule has 0 bridgehead atoms. The first kappa shape index (κ1) is 16.5. The Morgan fingerprint density at radius 2 is 1.78 bits per heavy atom. The molecule has 2 aromatic carbocycles. The van der Waals surface area contributed by atoms with Crippen LogP contribution in [0.4, 0.5) is 0 Å². The highest BCUT2D eigenvalue weighted by Crippen LogP contribution is 2.24. The van der Waals surface area contributed by atoms with E-state index in [-0.39, 0.29) is 0 Å². The molecule has 0 saturated heterocycles. The number of benzene rings is 2. The van der Waals surface area contributed by atoms with Crippen molar-refractivity contribution >= 4 is 17.8 Å². The maximum atomic E-state index is 11.4. The fourth-order valence-corrected chi connectivity index (χ4v) is 2.06. The highest BCUT2D eigenvalue weighted by molar-refractivity contribution is 6.39. The van der Waals surface area contributed by atoms with Gasteiger partial charge in [-0.15, -0.1) is 0 Å². The molecule has 2 aromatic rings. The van der Waals surface area contributed by atoms with Gasteiger partial charge in [0.15, 0.2) is 0 Å². The molecule has 0 fully saturated rings. The van der Waals surface area contributed by atoms with Crippen molar-refractivity contribution in [2.24, 2.45) is 0 Å². The Hall–Kier alpha value is -2.88. The van der Waals surface area contributed by atoms with E-state index >= 15 is 0 Å². The zero-order valence-electron chi connectivity index (χ0n) is 13.1. The summed E-state index contributed by atoms with van der Waals surface area (Å²) >= 11 is 0. The summed E-state index contributed by atoms with van der Waals surface area (Å²) in [6, 6.07) is 15.5. The molecule has 0 heterocycles. The minimum atomic E-state index is -0.870. The lowest BCUT2D eigenvalue weighted by molar-refractivity contribution is -0.149. The molecule has 0 aliphatic rings. The summed E-state index contributed by atoms with van der Waals surface area (Å²) in [7, 11) is 1.18. The molecule has 118 valence electrons. The largest absolute Gasteiger partial charge is 0.494 e. The van der Waals surface area contributed by atoms with Crippen LogP contribution in [0.3, 0.4) is 0 Å². The summed E-state index contributed by atoms with van der Waals surface area (Å²) in [4.78, 5) is 22.4. The molecule has 4 nitrogen and oxygen atoms in total. The molecule has 0 saturated carbocycles. The van der Waals surface area contributed by atoms with E-state index in [1.165, 1.54) is 13.2 Å². The van der Waals surface area contributed by atoms with Gasteiger partial charge in [-0.2, -0.15) is 0 Å². The predicted octanol–water partition coefficient (Wildman–Crippen LogP) is 3.51. The normalized spacial score (nSPS) is 10.5. The minimum absolute atomic E-state index is 0.626. The van der Waals surface area contributed by atoms with E-state index in [9.17, 15) is 9.59 Å². The predicted molar refractivity (Wildman–Crippen MR) is 89.1 cm³/mol. The summed E-state index contributed by atoms with van der Waals surface area (Å²) in [5, 5.41) is 0. The van der Waals surface area contributed by atoms with E-state index in [1.54, 1.807) is 6.08 Å². The van der Waals surface area contributed by atoms with Gasteiger partial charge >= 0.3 is 5.97 Å². The molecule has 0 amide bonds. The van der Waals surface area contributed by atoms with Crippen LogP contribution < -0.4 is 4.74 Å². The van der Waals surface area contributed by atoms with Gasteiger partial charge in [-0.05, 0) is 41.8 Å². The molecule has 0 radical (unpaired) electrons. The molecular formula is C19H18O4. The lowest BCUT2D eigenvalue weighted by Gasteiger charge is -2.06. The lowest BCUT2D eigenvalue weighted by Crippen LogP contribution is -2.11. The molecule has 0 aliphatic carbocycles. The smallest absolute Gasteiger partial charge is 0.378 e. The van der Waals surface area contributed by atoms with Crippen molar-refractivity contribution in [1.29, 1.82) is 0 Å². The zero-order chi connectivity index (χ0) is 16.7. The van der Waals surface area contributed by atoms with Crippen LogP contribution in [0.5, 0.6) is 5.75 Å². The summed E-state index contributed by atoms with van der Waals surface area (Å²) in [6.45, 7) is 2.57. The molecule has 2 rings (SSSR count). The summed E-state index contributed by atoms with van der Waals surface area (Å²) in [5.41, 5.74) is 2.92. The second kappa shape index (κ2) is 7.94. The minimum Gasteiger partial charge on any atom is -0.494 e. The topological polar surface area (TPSA) is 52.6 Å². The van der Waals surface area contributed by atoms with Crippen molar-refractivity contribution in [1.82, 2.24) is 0 Å². The summed E-state index contributed by atoms with van der Waals surface area (Å²) in [5.74, 6) is -0.718. The van der Waals surface area contributed by atoms with E-state index in [0.717, 1.165) is 22.4 Å². The van der Waals surface area contributed by atoms with Crippen molar-refractivity contribution in [2.45, 2.75) is 6.92 Å². The number of carbonyl (C=O) groups is 2. The monoisotopic (exact) mass is 310 g/mol. The number of hydrogen-bond donors (Lipinski definition) is 0. The van der Waals surface area contributed by atoms with Crippen LogP contribution in [0.25, 0.3) is 17.2 Å². The maximum Gasteiger partial charge on any atom is 0.378 e. The first-order valence-electron chi connectivity index (χ1n) is 7.27. The summed E-state index contributed by atoms with van der Waals surface area (Å²) in [6.07, 6.45) is 2.79. The molecule has 0 N–H and O–H groups in total. The second-order valence-electron chi connectivity index (χ2n) is 4.77. The molecule has 0 unspecified atom stereocenters. The Bertz CT molecular complexity index is 714. The van der Waals surface area contributed by atoms with E-state index in [4.69, 9.17) is 4.74 Å². The van der Waals surface area contributed by atoms with E-state index in [0.29, 0.717) is 6.61 Å². The van der Waals surface area contributed by atoms with Crippen molar-refractivity contribution in [2.75, 3.05) is 13.7 Å². The van der Waals surface area contributed by atoms with Crippen molar-refractivity contribution in [3.05, 3.63) is 60.2 Å². The van der Waals surface area contributed by atoms with Crippen molar-refractivity contribution in [3.8, 4) is 16.9 Å². The van der Waals surface area contributed by atoms with Gasteiger partial charge in [0, 0.05) is 0 Å². The van der Waals surface area contributed by atoms with Crippen LogP contribution in [0, 0.1) is 0 Å². The molecule has 0 aliphatic heterocycles. The van der Waals surface area contributed by atoms with Gasteiger partial charge in [-0.1, -0.05) is 42.5 Å². The number of carbonyl (C=O) groups excluding carboxylic acids is 2. The second-order valence-corrected chi connectivity index (χ2v) is 4.77. The molecule has 0 aromatic heterocycles. The Labute approximate surface area is 135 Å². The Balaban J connectivity index is 2.13. The Morgan fingerprint density at radius 3 is 2.43 bits per heavy atom. The zero-order valence-corrected chi connectivity index (χ0v) is 13.1. The van der Waals surface area contributed by atoms with Crippen molar-refractivity contribution < 1.29 is 19.1 Å². The highest BCUT2D eigenvalue weighted by Gasteiger charge is 2.08. The number of esters is 1. The Kier molecular flexibility index (Phi) is 5.69. The third-order valence-corrected chi connectivity index (χ3v) is 3.20. The van der Waals surface area contributed by atoms with E-state index in [2.05, 4.69) is 4.74 Å². The number of rotatable bonds is 6. The van der Waals surface area contributed by atoms with E-state index in [1.807, 2.05) is 55.5 Å². The van der Waals surface area contributed by atoms with Crippen LogP contribution in [-0.2, 0) is 14.3 Å². The SMILES string of the molecule is CCOc1cccc(-c2ccc(C=CC(=O)C(=O)OC)cc2)c1. The van der Waals surface area contributed by atoms with Crippen LogP contribution in [-0.4, -0.2) is 25.5 Å². The van der Waals surface area contributed by atoms with Gasteiger partial charge in [0.25, 0.3) is 5.78 Å². The molecule has 0 atom stereocenters. The lowest BCUT2D eigenvalue weighted by atomic mass is 10.0. The van der Waals surface area contributed by atoms with Gasteiger partial charge in [-0.3, -0.25) is 4.79 Å². The van der Waals surface area contributed by atoms with Crippen LogP contribution in [0.2, 0.25) is 0 Å². The fourth-order valence-electron chi connectivity index (χ4n) is 2.06. The third kappa shape index (κ3) is 4.54. The van der Waals surface area contributed by atoms with Gasteiger partial charge in [0.1, 0.15) is 5.75 Å².